The Bertz CT molecular complexity index is 173. The molecule has 1 aliphatic carbocycles. The maximum atomic E-state index is 5.17. The van der Waals surface area contributed by atoms with Gasteiger partial charge >= 0.3 is 0 Å². The number of ether oxygens (including phenoxy) is 1. The molecule has 1 saturated carbocycles. The molecule has 0 aromatic heterocycles. The minimum absolute atomic E-state index is 0.953. The van der Waals surface area contributed by atoms with Gasteiger partial charge in [0.15, 0.2) is 0 Å². The van der Waals surface area contributed by atoms with Gasteiger partial charge in [0, 0.05) is 13.7 Å². The van der Waals surface area contributed by atoms with Crippen LogP contribution < -0.4 is 5.32 Å². The Hall–Kier alpha value is -0.0800. The first kappa shape index (κ1) is 11.4. The van der Waals surface area contributed by atoms with Crippen molar-refractivity contribution in [2.24, 2.45) is 17.8 Å². The third-order valence-electron chi connectivity index (χ3n) is 4.10. The quantitative estimate of drug-likeness (QED) is 0.681. The Balaban J connectivity index is 1.76. The molecule has 1 aliphatic heterocycles. The largest absolute Gasteiger partial charge is 0.385 e. The van der Waals surface area contributed by atoms with E-state index < -0.39 is 0 Å². The maximum Gasteiger partial charge on any atom is 0.0462 e. The summed E-state index contributed by atoms with van der Waals surface area (Å²) >= 11 is 0. The van der Waals surface area contributed by atoms with Crippen LogP contribution in [0.1, 0.15) is 38.5 Å². The monoisotopic (exact) mass is 211 g/mol. The first-order valence-corrected chi connectivity index (χ1v) is 6.61. The summed E-state index contributed by atoms with van der Waals surface area (Å²) in [5.41, 5.74) is 0. The van der Waals surface area contributed by atoms with E-state index in [1.54, 1.807) is 0 Å². The summed E-state index contributed by atoms with van der Waals surface area (Å²) in [4.78, 5) is 0. The van der Waals surface area contributed by atoms with Gasteiger partial charge in [0.25, 0.3) is 0 Å². The highest BCUT2D eigenvalue weighted by molar-refractivity contribution is 4.87. The molecule has 2 aliphatic rings. The molecule has 2 fully saturated rings. The molecule has 2 rings (SSSR count). The van der Waals surface area contributed by atoms with Crippen LogP contribution in [-0.4, -0.2) is 26.8 Å². The van der Waals surface area contributed by atoms with E-state index in [2.05, 4.69) is 5.32 Å². The molecule has 1 unspecified atom stereocenters. The summed E-state index contributed by atoms with van der Waals surface area (Å²) in [5, 5.41) is 3.47. The second-order valence-electron chi connectivity index (χ2n) is 5.22. The molecule has 1 saturated heterocycles. The minimum Gasteiger partial charge on any atom is -0.385 e. The van der Waals surface area contributed by atoms with E-state index in [9.17, 15) is 0 Å². The molecule has 1 heterocycles. The molecule has 0 amide bonds. The molecular formula is C13H25NO. The van der Waals surface area contributed by atoms with Gasteiger partial charge in [-0.25, -0.2) is 0 Å². The smallest absolute Gasteiger partial charge is 0.0462 e. The van der Waals surface area contributed by atoms with Crippen molar-refractivity contribution in [3.05, 3.63) is 0 Å². The summed E-state index contributed by atoms with van der Waals surface area (Å²) in [7, 11) is 1.82. The Morgan fingerprint density at radius 3 is 2.40 bits per heavy atom. The number of nitrogens with one attached hydrogen (secondary N) is 1. The molecule has 0 radical (unpaired) electrons. The van der Waals surface area contributed by atoms with E-state index in [-0.39, 0.29) is 0 Å². The van der Waals surface area contributed by atoms with Crippen molar-refractivity contribution in [1.82, 2.24) is 5.32 Å². The standard InChI is InChI=1S/C13H25NO/c1-15-10-2-3-13(11-4-5-11)12-6-8-14-9-7-12/h11-14H,2-10H2,1H3. The summed E-state index contributed by atoms with van der Waals surface area (Å²) in [6.07, 6.45) is 8.50. The summed E-state index contributed by atoms with van der Waals surface area (Å²) in [5.74, 6) is 3.10. The zero-order valence-electron chi connectivity index (χ0n) is 10.0. The van der Waals surface area contributed by atoms with E-state index in [4.69, 9.17) is 4.74 Å². The number of methoxy groups -OCH3 is 1. The average Bonchev–Trinajstić information content (AvgIpc) is 3.10. The molecular weight excluding hydrogens is 186 g/mol. The fourth-order valence-corrected chi connectivity index (χ4v) is 3.12. The van der Waals surface area contributed by atoms with Crippen molar-refractivity contribution in [2.75, 3.05) is 26.8 Å². The van der Waals surface area contributed by atoms with Crippen LogP contribution in [0.15, 0.2) is 0 Å². The molecule has 2 nitrogen and oxygen atoms in total. The van der Waals surface area contributed by atoms with Gasteiger partial charge in [-0.15, -0.1) is 0 Å². The van der Waals surface area contributed by atoms with Crippen molar-refractivity contribution >= 4 is 0 Å². The molecule has 0 aromatic carbocycles. The SMILES string of the molecule is COCCCC(C1CCNCC1)C1CC1. The van der Waals surface area contributed by atoms with Gasteiger partial charge in [-0.05, 0) is 69.4 Å². The predicted molar refractivity (Wildman–Crippen MR) is 62.9 cm³/mol. The highest BCUT2D eigenvalue weighted by Gasteiger charge is 2.36. The second-order valence-corrected chi connectivity index (χ2v) is 5.22. The van der Waals surface area contributed by atoms with Crippen molar-refractivity contribution in [3.63, 3.8) is 0 Å². The second kappa shape index (κ2) is 5.86. The van der Waals surface area contributed by atoms with E-state index in [1.165, 1.54) is 51.6 Å². The Morgan fingerprint density at radius 2 is 1.80 bits per heavy atom. The highest BCUT2D eigenvalue weighted by Crippen LogP contribution is 2.45. The average molecular weight is 211 g/mol. The van der Waals surface area contributed by atoms with Gasteiger partial charge in [0.1, 0.15) is 0 Å². The number of hydrogen-bond donors (Lipinski definition) is 1. The highest BCUT2D eigenvalue weighted by atomic mass is 16.5. The lowest BCUT2D eigenvalue weighted by atomic mass is 9.79. The summed E-state index contributed by atoms with van der Waals surface area (Å²) in [6, 6.07) is 0. The van der Waals surface area contributed by atoms with Crippen LogP contribution >= 0.6 is 0 Å². The van der Waals surface area contributed by atoms with Crippen LogP contribution in [0.25, 0.3) is 0 Å². The first-order chi connectivity index (χ1) is 7.42. The van der Waals surface area contributed by atoms with E-state index in [1.807, 2.05) is 7.11 Å². The minimum atomic E-state index is 0.953. The van der Waals surface area contributed by atoms with Crippen LogP contribution in [0.3, 0.4) is 0 Å². The van der Waals surface area contributed by atoms with Crippen LogP contribution in [0.2, 0.25) is 0 Å². The Labute approximate surface area is 93.8 Å². The van der Waals surface area contributed by atoms with E-state index in [0.29, 0.717) is 0 Å². The topological polar surface area (TPSA) is 21.3 Å². The summed E-state index contributed by atoms with van der Waals surface area (Å²) < 4.78 is 5.17. The van der Waals surface area contributed by atoms with Gasteiger partial charge in [-0.1, -0.05) is 0 Å². The molecule has 15 heavy (non-hydrogen) atoms. The van der Waals surface area contributed by atoms with Gasteiger partial charge < -0.3 is 10.1 Å². The normalized spacial score (nSPS) is 25.4. The van der Waals surface area contributed by atoms with Gasteiger partial charge in [0.2, 0.25) is 0 Å². The van der Waals surface area contributed by atoms with Crippen molar-refractivity contribution in [3.8, 4) is 0 Å². The zero-order valence-corrected chi connectivity index (χ0v) is 10.0. The Morgan fingerprint density at radius 1 is 1.13 bits per heavy atom. The molecule has 2 heteroatoms. The molecule has 1 N–H and O–H groups in total. The number of piperidine rings is 1. The van der Waals surface area contributed by atoms with Gasteiger partial charge in [0.05, 0.1) is 0 Å². The molecule has 88 valence electrons. The summed E-state index contributed by atoms with van der Waals surface area (Å²) in [6.45, 7) is 3.45. The van der Waals surface area contributed by atoms with Crippen LogP contribution in [-0.2, 0) is 4.74 Å². The lowest BCUT2D eigenvalue weighted by Gasteiger charge is -2.31. The molecule has 0 spiro atoms. The van der Waals surface area contributed by atoms with E-state index >= 15 is 0 Å². The van der Waals surface area contributed by atoms with Crippen LogP contribution in [0, 0.1) is 17.8 Å². The van der Waals surface area contributed by atoms with Crippen molar-refractivity contribution < 1.29 is 4.74 Å². The maximum absolute atomic E-state index is 5.17. The fourth-order valence-electron chi connectivity index (χ4n) is 3.12. The predicted octanol–water partition coefficient (Wildman–Crippen LogP) is 2.44. The fraction of sp³-hybridized carbons (Fsp3) is 1.00. The lowest BCUT2D eigenvalue weighted by Crippen LogP contribution is -2.32. The first-order valence-electron chi connectivity index (χ1n) is 6.61. The van der Waals surface area contributed by atoms with Crippen LogP contribution in [0.5, 0.6) is 0 Å². The molecule has 0 aromatic rings. The van der Waals surface area contributed by atoms with Crippen molar-refractivity contribution in [1.29, 1.82) is 0 Å². The Kier molecular flexibility index (Phi) is 4.45. The van der Waals surface area contributed by atoms with E-state index in [0.717, 1.165) is 24.4 Å². The third kappa shape index (κ3) is 3.46. The number of rotatable bonds is 6. The molecule has 1 atom stereocenters. The third-order valence-corrected chi connectivity index (χ3v) is 4.10. The lowest BCUT2D eigenvalue weighted by molar-refractivity contribution is 0.163. The zero-order chi connectivity index (χ0) is 10.5. The number of hydrogen-bond acceptors (Lipinski definition) is 2. The van der Waals surface area contributed by atoms with Crippen molar-refractivity contribution in [2.45, 2.75) is 38.5 Å². The van der Waals surface area contributed by atoms with Gasteiger partial charge in [-0.2, -0.15) is 0 Å². The molecule has 0 bridgehead atoms. The van der Waals surface area contributed by atoms with Crippen LogP contribution in [0.4, 0.5) is 0 Å². The van der Waals surface area contributed by atoms with Gasteiger partial charge in [-0.3, -0.25) is 0 Å².